The van der Waals surface area contributed by atoms with Gasteiger partial charge in [-0.25, -0.2) is 10.1 Å². The van der Waals surface area contributed by atoms with E-state index in [4.69, 9.17) is 0 Å². The van der Waals surface area contributed by atoms with Crippen LogP contribution in [-0.2, 0) is 0 Å². The van der Waals surface area contributed by atoms with Gasteiger partial charge in [-0.1, -0.05) is 54.6 Å². The van der Waals surface area contributed by atoms with Gasteiger partial charge in [-0.2, -0.15) is 10.2 Å². The molecular formula is C27H19N5O4. The van der Waals surface area contributed by atoms with Crippen molar-refractivity contribution in [2.24, 2.45) is 5.10 Å². The van der Waals surface area contributed by atoms with Gasteiger partial charge in [-0.05, 0) is 35.0 Å². The summed E-state index contributed by atoms with van der Waals surface area (Å²) < 4.78 is 1.63. The second-order valence-corrected chi connectivity index (χ2v) is 7.94. The van der Waals surface area contributed by atoms with E-state index in [1.807, 2.05) is 54.6 Å². The molecule has 0 spiro atoms. The maximum Gasteiger partial charge on any atom is 0.275 e. The number of benzene rings is 4. The Morgan fingerprint density at radius 2 is 1.69 bits per heavy atom. The quantitative estimate of drug-likeness (QED) is 0.201. The third-order valence-electron chi connectivity index (χ3n) is 5.57. The number of hydrogen-bond acceptors (Lipinski definition) is 6. The molecule has 9 nitrogen and oxygen atoms in total. The molecular weight excluding hydrogens is 458 g/mol. The molecule has 1 heterocycles. The average molecular weight is 477 g/mol. The molecule has 0 aliphatic rings. The first-order valence-corrected chi connectivity index (χ1v) is 10.9. The molecule has 5 aromatic rings. The number of para-hydroxylation sites is 1. The Hall–Kier alpha value is -5.31. The molecule has 1 amide bonds. The molecule has 0 saturated heterocycles. The molecule has 0 bridgehead atoms. The standard InChI is InChI=1S/C27H19N5O4/c33-25-15-19-8-5-4-7-18(19)14-24(25)27(34)29-28-16-21-17-31(22-10-2-1-3-11-22)30-26(21)20-9-6-12-23(13-20)32(35)36/h1-17,33H,(H,29,34)/b28-16+. The summed E-state index contributed by atoms with van der Waals surface area (Å²) in [4.78, 5) is 23.5. The molecule has 0 atom stereocenters. The van der Waals surface area contributed by atoms with Crippen molar-refractivity contribution in [3.05, 3.63) is 118 Å². The maximum atomic E-state index is 12.7. The van der Waals surface area contributed by atoms with E-state index < -0.39 is 10.8 Å². The molecule has 0 saturated carbocycles. The summed E-state index contributed by atoms with van der Waals surface area (Å²) in [7, 11) is 0. The molecule has 4 aromatic carbocycles. The van der Waals surface area contributed by atoms with Crippen molar-refractivity contribution in [3.63, 3.8) is 0 Å². The predicted molar refractivity (Wildman–Crippen MR) is 136 cm³/mol. The van der Waals surface area contributed by atoms with E-state index in [0.29, 0.717) is 16.8 Å². The van der Waals surface area contributed by atoms with Gasteiger partial charge >= 0.3 is 0 Å². The SMILES string of the molecule is O=C(N/N=C/c1cn(-c2ccccc2)nc1-c1cccc([N+](=O)[O-])c1)c1cc2ccccc2cc1O. The third-order valence-corrected chi connectivity index (χ3v) is 5.57. The smallest absolute Gasteiger partial charge is 0.275 e. The van der Waals surface area contributed by atoms with Crippen LogP contribution in [0.25, 0.3) is 27.7 Å². The monoisotopic (exact) mass is 477 g/mol. The van der Waals surface area contributed by atoms with E-state index in [0.717, 1.165) is 16.5 Å². The number of amides is 1. The number of fused-ring (bicyclic) bond motifs is 1. The second-order valence-electron chi connectivity index (χ2n) is 7.94. The van der Waals surface area contributed by atoms with Gasteiger partial charge in [0, 0.05) is 29.5 Å². The number of rotatable bonds is 6. The summed E-state index contributed by atoms with van der Waals surface area (Å²) in [6.45, 7) is 0. The number of hydrazone groups is 1. The van der Waals surface area contributed by atoms with Crippen LogP contribution < -0.4 is 5.43 Å². The number of hydrogen-bond donors (Lipinski definition) is 2. The average Bonchev–Trinajstić information content (AvgIpc) is 3.33. The van der Waals surface area contributed by atoms with Crippen LogP contribution in [0.1, 0.15) is 15.9 Å². The highest BCUT2D eigenvalue weighted by Gasteiger charge is 2.15. The van der Waals surface area contributed by atoms with Gasteiger partial charge in [0.15, 0.2) is 0 Å². The molecule has 1 aromatic heterocycles. The fourth-order valence-electron chi connectivity index (χ4n) is 3.82. The molecule has 36 heavy (non-hydrogen) atoms. The maximum absolute atomic E-state index is 12.7. The number of nitrogens with one attached hydrogen (secondary N) is 1. The minimum Gasteiger partial charge on any atom is -0.507 e. The minimum atomic E-state index is -0.582. The number of aromatic hydroxyl groups is 1. The highest BCUT2D eigenvalue weighted by molar-refractivity contribution is 6.02. The van der Waals surface area contributed by atoms with E-state index in [9.17, 15) is 20.0 Å². The van der Waals surface area contributed by atoms with Gasteiger partial charge in [0.1, 0.15) is 11.4 Å². The normalized spacial score (nSPS) is 11.1. The highest BCUT2D eigenvalue weighted by Crippen LogP contribution is 2.27. The minimum absolute atomic E-state index is 0.0651. The number of non-ortho nitro benzene ring substituents is 1. The predicted octanol–water partition coefficient (Wildman–Crippen LogP) is 5.07. The molecule has 9 heteroatoms. The van der Waals surface area contributed by atoms with Crippen LogP contribution in [0, 0.1) is 10.1 Å². The summed E-state index contributed by atoms with van der Waals surface area (Å²) in [5.41, 5.74) is 4.75. The lowest BCUT2D eigenvalue weighted by Crippen LogP contribution is -2.17. The van der Waals surface area contributed by atoms with Crippen molar-refractivity contribution < 1.29 is 14.8 Å². The number of carbonyl (C=O) groups excluding carboxylic acids is 1. The van der Waals surface area contributed by atoms with Crippen molar-refractivity contribution in [1.82, 2.24) is 15.2 Å². The van der Waals surface area contributed by atoms with E-state index >= 15 is 0 Å². The van der Waals surface area contributed by atoms with Crippen LogP contribution >= 0.6 is 0 Å². The third kappa shape index (κ3) is 4.53. The Balaban J connectivity index is 1.47. The summed E-state index contributed by atoms with van der Waals surface area (Å²) >= 11 is 0. The molecule has 0 radical (unpaired) electrons. The Morgan fingerprint density at radius 1 is 0.972 bits per heavy atom. The van der Waals surface area contributed by atoms with Crippen molar-refractivity contribution in [2.45, 2.75) is 0 Å². The number of nitro benzene ring substituents is 1. The zero-order valence-corrected chi connectivity index (χ0v) is 18.8. The van der Waals surface area contributed by atoms with Crippen molar-refractivity contribution >= 4 is 28.6 Å². The first-order chi connectivity index (χ1) is 17.5. The first kappa shape index (κ1) is 22.5. The van der Waals surface area contributed by atoms with Crippen LogP contribution in [0.3, 0.4) is 0 Å². The second kappa shape index (κ2) is 9.51. The van der Waals surface area contributed by atoms with E-state index in [1.165, 1.54) is 24.4 Å². The Morgan fingerprint density at radius 3 is 2.44 bits per heavy atom. The molecule has 2 N–H and O–H groups in total. The number of phenols is 1. The summed E-state index contributed by atoms with van der Waals surface area (Å²) in [6, 6.07) is 26.0. The van der Waals surface area contributed by atoms with Crippen LogP contribution in [0.15, 0.2) is 102 Å². The Kier molecular flexibility index (Phi) is 5.94. The Bertz CT molecular complexity index is 1630. The fraction of sp³-hybridized carbons (Fsp3) is 0. The molecule has 0 unspecified atom stereocenters. The van der Waals surface area contributed by atoms with Crippen LogP contribution in [0.4, 0.5) is 5.69 Å². The van der Waals surface area contributed by atoms with Crippen LogP contribution in [0.2, 0.25) is 0 Å². The van der Waals surface area contributed by atoms with Gasteiger partial charge in [0.05, 0.1) is 22.4 Å². The first-order valence-electron chi connectivity index (χ1n) is 10.9. The zero-order valence-electron chi connectivity index (χ0n) is 18.8. The lowest BCUT2D eigenvalue weighted by molar-refractivity contribution is -0.384. The lowest BCUT2D eigenvalue weighted by Gasteiger charge is -2.05. The number of nitro groups is 1. The number of phenolic OH excluding ortho intramolecular Hbond substituents is 1. The van der Waals surface area contributed by atoms with Crippen molar-refractivity contribution in [1.29, 1.82) is 0 Å². The van der Waals surface area contributed by atoms with Gasteiger partial charge in [0.25, 0.3) is 11.6 Å². The molecule has 0 fully saturated rings. The van der Waals surface area contributed by atoms with E-state index in [2.05, 4.69) is 15.6 Å². The largest absolute Gasteiger partial charge is 0.507 e. The lowest BCUT2D eigenvalue weighted by atomic mass is 10.1. The van der Waals surface area contributed by atoms with Crippen molar-refractivity contribution in [2.75, 3.05) is 0 Å². The summed E-state index contributed by atoms with van der Waals surface area (Å²) in [6.07, 6.45) is 3.13. The summed E-state index contributed by atoms with van der Waals surface area (Å²) in [5.74, 6) is -0.738. The highest BCUT2D eigenvalue weighted by atomic mass is 16.6. The van der Waals surface area contributed by atoms with Gasteiger partial charge in [-0.3, -0.25) is 14.9 Å². The number of nitrogens with zero attached hydrogens (tertiary/aromatic N) is 4. The van der Waals surface area contributed by atoms with Gasteiger partial charge in [0.2, 0.25) is 0 Å². The van der Waals surface area contributed by atoms with E-state index in [-0.39, 0.29) is 17.0 Å². The number of carbonyl (C=O) groups is 1. The summed E-state index contributed by atoms with van der Waals surface area (Å²) in [5, 5.41) is 31.9. The van der Waals surface area contributed by atoms with Crippen LogP contribution in [0.5, 0.6) is 5.75 Å². The fourth-order valence-corrected chi connectivity index (χ4v) is 3.82. The van der Waals surface area contributed by atoms with Crippen LogP contribution in [-0.4, -0.2) is 31.9 Å². The number of aromatic nitrogens is 2. The van der Waals surface area contributed by atoms with Gasteiger partial charge < -0.3 is 5.11 Å². The topological polar surface area (TPSA) is 123 Å². The van der Waals surface area contributed by atoms with Crippen molar-refractivity contribution in [3.8, 4) is 22.7 Å². The molecule has 0 aliphatic heterocycles. The zero-order chi connectivity index (χ0) is 25.1. The Labute approximate surface area is 205 Å². The van der Waals surface area contributed by atoms with Gasteiger partial charge in [-0.15, -0.1) is 0 Å². The van der Waals surface area contributed by atoms with E-state index in [1.54, 1.807) is 29.1 Å². The molecule has 176 valence electrons. The molecule has 5 rings (SSSR count). The molecule has 0 aliphatic carbocycles.